The van der Waals surface area contributed by atoms with Crippen LogP contribution < -0.4 is 10.6 Å². The van der Waals surface area contributed by atoms with Gasteiger partial charge in [0.15, 0.2) is 5.82 Å². The van der Waals surface area contributed by atoms with E-state index in [1.54, 1.807) is 0 Å². The summed E-state index contributed by atoms with van der Waals surface area (Å²) >= 11 is 0. The van der Waals surface area contributed by atoms with Crippen LogP contribution in [0, 0.1) is 0 Å². The molecule has 1 saturated heterocycles. The van der Waals surface area contributed by atoms with E-state index in [4.69, 9.17) is 5.73 Å². The Morgan fingerprint density at radius 3 is 2.55 bits per heavy atom. The molecule has 2 heterocycles. The fraction of sp³-hybridized carbons (Fsp3) is 0.800. The quantitative estimate of drug-likeness (QED) is 0.920. The molecule has 5 nitrogen and oxygen atoms in total. The zero-order valence-corrected chi connectivity index (χ0v) is 13.6. The number of hydrogen-bond donors (Lipinski definition) is 1. The Morgan fingerprint density at radius 1 is 1.30 bits per heavy atom. The first-order valence-corrected chi connectivity index (χ1v) is 7.73. The average Bonchev–Trinajstić information content (AvgIpc) is 2.57. The summed E-state index contributed by atoms with van der Waals surface area (Å²) in [5, 5.41) is 4.64. The van der Waals surface area contributed by atoms with Gasteiger partial charge < -0.3 is 15.5 Å². The third kappa shape index (κ3) is 2.77. The summed E-state index contributed by atoms with van der Waals surface area (Å²) in [6, 6.07) is 0.514. The highest BCUT2D eigenvalue weighted by atomic mass is 15.4. The first-order valence-electron chi connectivity index (χ1n) is 7.73. The SMILES string of the molecule is CCC1CN(C)CCCN1c1c(N)c(C(C)C)nn1C. The predicted molar refractivity (Wildman–Crippen MR) is 85.2 cm³/mol. The summed E-state index contributed by atoms with van der Waals surface area (Å²) in [7, 11) is 4.22. The molecule has 2 rings (SSSR count). The third-order valence-electron chi connectivity index (χ3n) is 4.27. The smallest absolute Gasteiger partial charge is 0.150 e. The van der Waals surface area contributed by atoms with E-state index in [2.05, 4.69) is 42.7 Å². The van der Waals surface area contributed by atoms with E-state index in [0.29, 0.717) is 12.0 Å². The maximum Gasteiger partial charge on any atom is 0.150 e. The predicted octanol–water partition coefficient (Wildman–Crippen LogP) is 2.05. The van der Waals surface area contributed by atoms with Gasteiger partial charge in [-0.3, -0.25) is 4.68 Å². The Labute approximate surface area is 122 Å². The molecule has 0 amide bonds. The van der Waals surface area contributed by atoms with Crippen LogP contribution in [0.15, 0.2) is 0 Å². The van der Waals surface area contributed by atoms with Crippen LogP contribution in [0.3, 0.4) is 0 Å². The van der Waals surface area contributed by atoms with Crippen molar-refractivity contribution in [3.63, 3.8) is 0 Å². The summed E-state index contributed by atoms with van der Waals surface area (Å²) in [5.41, 5.74) is 8.29. The molecule has 1 fully saturated rings. The normalized spacial score (nSPS) is 21.5. The fourth-order valence-corrected chi connectivity index (χ4v) is 3.19. The fourth-order valence-electron chi connectivity index (χ4n) is 3.19. The van der Waals surface area contributed by atoms with E-state index in [1.807, 2.05) is 11.7 Å². The van der Waals surface area contributed by atoms with E-state index in [1.165, 1.54) is 6.42 Å². The third-order valence-corrected chi connectivity index (χ3v) is 4.27. The van der Waals surface area contributed by atoms with Gasteiger partial charge in [0, 0.05) is 26.2 Å². The molecular formula is C15H29N5. The van der Waals surface area contributed by atoms with Gasteiger partial charge in [-0.15, -0.1) is 0 Å². The molecule has 1 aromatic rings. The monoisotopic (exact) mass is 279 g/mol. The highest BCUT2D eigenvalue weighted by Crippen LogP contribution is 2.33. The number of hydrogen-bond acceptors (Lipinski definition) is 4. The molecule has 5 heteroatoms. The molecule has 2 N–H and O–H groups in total. The highest BCUT2D eigenvalue weighted by Gasteiger charge is 2.28. The van der Waals surface area contributed by atoms with Gasteiger partial charge in [-0.2, -0.15) is 5.10 Å². The molecule has 1 atom stereocenters. The number of rotatable bonds is 3. The largest absolute Gasteiger partial charge is 0.394 e. The average molecular weight is 279 g/mol. The van der Waals surface area contributed by atoms with Crippen LogP contribution >= 0.6 is 0 Å². The molecule has 0 aromatic carbocycles. The second-order valence-electron chi connectivity index (χ2n) is 6.27. The molecule has 1 unspecified atom stereocenters. The zero-order chi connectivity index (χ0) is 14.9. The van der Waals surface area contributed by atoms with Crippen LogP contribution in [0.4, 0.5) is 11.5 Å². The van der Waals surface area contributed by atoms with Crippen LogP contribution in [0.5, 0.6) is 0 Å². The summed E-state index contributed by atoms with van der Waals surface area (Å²) in [6.45, 7) is 9.86. The minimum atomic E-state index is 0.365. The van der Waals surface area contributed by atoms with E-state index < -0.39 is 0 Å². The molecule has 1 aliphatic heterocycles. The van der Waals surface area contributed by atoms with Crippen LogP contribution in [0.2, 0.25) is 0 Å². The summed E-state index contributed by atoms with van der Waals surface area (Å²) in [4.78, 5) is 4.89. The summed E-state index contributed by atoms with van der Waals surface area (Å²) < 4.78 is 1.97. The molecule has 0 spiro atoms. The van der Waals surface area contributed by atoms with Gasteiger partial charge in [0.2, 0.25) is 0 Å². The van der Waals surface area contributed by atoms with Crippen molar-refractivity contribution in [2.45, 2.75) is 45.6 Å². The maximum atomic E-state index is 6.40. The molecule has 0 bridgehead atoms. The Bertz CT molecular complexity index is 451. The van der Waals surface area contributed by atoms with Crippen molar-refractivity contribution in [3.05, 3.63) is 5.69 Å². The highest BCUT2D eigenvalue weighted by molar-refractivity contribution is 5.67. The van der Waals surface area contributed by atoms with Gasteiger partial charge in [-0.25, -0.2) is 0 Å². The topological polar surface area (TPSA) is 50.3 Å². The van der Waals surface area contributed by atoms with Crippen molar-refractivity contribution in [1.29, 1.82) is 0 Å². The molecule has 20 heavy (non-hydrogen) atoms. The van der Waals surface area contributed by atoms with Crippen molar-refractivity contribution >= 4 is 11.5 Å². The number of aryl methyl sites for hydroxylation is 1. The molecular weight excluding hydrogens is 250 g/mol. The van der Waals surface area contributed by atoms with Gasteiger partial charge in [0.25, 0.3) is 0 Å². The lowest BCUT2D eigenvalue weighted by Crippen LogP contribution is -2.41. The van der Waals surface area contributed by atoms with Gasteiger partial charge in [-0.1, -0.05) is 20.8 Å². The Morgan fingerprint density at radius 2 is 2.00 bits per heavy atom. The number of likely N-dealkylation sites (N-methyl/N-ethyl adjacent to an activating group) is 1. The zero-order valence-electron chi connectivity index (χ0n) is 13.6. The van der Waals surface area contributed by atoms with Gasteiger partial charge in [-0.05, 0) is 32.4 Å². The Hall–Kier alpha value is -1.23. The van der Waals surface area contributed by atoms with Crippen molar-refractivity contribution in [2.24, 2.45) is 7.05 Å². The summed E-state index contributed by atoms with van der Waals surface area (Å²) in [6.07, 6.45) is 2.31. The van der Waals surface area contributed by atoms with Gasteiger partial charge in [0.05, 0.1) is 11.4 Å². The van der Waals surface area contributed by atoms with Crippen molar-refractivity contribution in [1.82, 2.24) is 14.7 Å². The number of nitrogen functional groups attached to an aromatic ring is 1. The maximum absolute atomic E-state index is 6.40. The molecule has 0 saturated carbocycles. The Balaban J connectivity index is 2.38. The lowest BCUT2D eigenvalue weighted by Gasteiger charge is -2.32. The first kappa shape index (κ1) is 15.2. The number of aromatic nitrogens is 2. The van der Waals surface area contributed by atoms with Gasteiger partial charge >= 0.3 is 0 Å². The molecule has 0 aliphatic carbocycles. The number of anilines is 2. The lowest BCUT2D eigenvalue weighted by molar-refractivity contribution is 0.327. The van der Waals surface area contributed by atoms with E-state index in [0.717, 1.165) is 43.3 Å². The molecule has 1 aliphatic rings. The van der Waals surface area contributed by atoms with Crippen molar-refractivity contribution in [2.75, 3.05) is 37.3 Å². The van der Waals surface area contributed by atoms with Crippen LogP contribution in [-0.4, -0.2) is 47.4 Å². The van der Waals surface area contributed by atoms with Crippen molar-refractivity contribution in [3.8, 4) is 0 Å². The first-order chi connectivity index (χ1) is 9.45. The second kappa shape index (κ2) is 6.04. The lowest BCUT2D eigenvalue weighted by atomic mass is 10.1. The van der Waals surface area contributed by atoms with E-state index in [9.17, 15) is 0 Å². The second-order valence-corrected chi connectivity index (χ2v) is 6.27. The standard InChI is InChI=1S/C15H29N5/c1-6-12-10-18(4)8-7-9-20(12)15-13(16)14(11(2)3)17-19(15)5/h11-12H,6-10,16H2,1-5H3. The minimum absolute atomic E-state index is 0.365. The van der Waals surface area contributed by atoms with Crippen molar-refractivity contribution < 1.29 is 0 Å². The minimum Gasteiger partial charge on any atom is -0.394 e. The van der Waals surface area contributed by atoms with E-state index >= 15 is 0 Å². The molecule has 114 valence electrons. The summed E-state index contributed by atoms with van der Waals surface area (Å²) in [5.74, 6) is 1.47. The number of nitrogens with two attached hydrogens (primary N) is 1. The van der Waals surface area contributed by atoms with Crippen LogP contribution in [-0.2, 0) is 7.05 Å². The Kier molecular flexibility index (Phi) is 4.58. The molecule has 0 radical (unpaired) electrons. The number of nitrogens with zero attached hydrogens (tertiary/aromatic N) is 4. The van der Waals surface area contributed by atoms with E-state index in [-0.39, 0.29) is 0 Å². The van der Waals surface area contributed by atoms with Crippen LogP contribution in [0.1, 0.15) is 45.2 Å². The van der Waals surface area contributed by atoms with Gasteiger partial charge in [0.1, 0.15) is 0 Å². The van der Waals surface area contributed by atoms with Crippen LogP contribution in [0.25, 0.3) is 0 Å². The molecule has 1 aromatic heterocycles.